The molecule has 0 saturated heterocycles. The molecule has 1 aromatic heterocycles. The van der Waals surface area contributed by atoms with Gasteiger partial charge in [0.25, 0.3) is 0 Å². The molecule has 2 heterocycles. The maximum atomic E-state index is 11.6. The Kier molecular flexibility index (Phi) is 3.02. The van der Waals surface area contributed by atoms with E-state index in [9.17, 15) is 9.90 Å². The number of carbonyl (C=O) groups is 1. The Morgan fingerprint density at radius 2 is 2.35 bits per heavy atom. The number of aromatic nitrogens is 1. The molecule has 0 spiro atoms. The lowest BCUT2D eigenvalue weighted by Gasteiger charge is -2.37. The molecule has 1 aliphatic heterocycles. The number of methoxy groups -OCH3 is 1. The predicted molar refractivity (Wildman–Crippen MR) is 62.8 cm³/mol. The van der Waals surface area contributed by atoms with Crippen LogP contribution in [0.5, 0.6) is 5.88 Å². The number of aliphatic hydroxyl groups excluding tert-OH is 1. The summed E-state index contributed by atoms with van der Waals surface area (Å²) in [6, 6.07) is 1.69. The van der Waals surface area contributed by atoms with Gasteiger partial charge in [-0.15, -0.1) is 0 Å². The second kappa shape index (κ2) is 4.33. The summed E-state index contributed by atoms with van der Waals surface area (Å²) in [7, 11) is 1.52. The average Bonchev–Trinajstić information content (AvgIpc) is 2.29. The minimum absolute atomic E-state index is 0.00148. The third-order valence-corrected chi connectivity index (χ3v) is 3.06. The van der Waals surface area contributed by atoms with Gasteiger partial charge >= 0.3 is 0 Å². The Morgan fingerprint density at radius 1 is 1.65 bits per heavy atom. The molecule has 0 aromatic carbocycles. The molecular formula is C12H16N2O3. The van der Waals surface area contributed by atoms with Gasteiger partial charge in [-0.2, -0.15) is 0 Å². The molecule has 2 rings (SSSR count). The van der Waals surface area contributed by atoms with Crippen molar-refractivity contribution in [3.05, 3.63) is 17.8 Å². The lowest BCUT2D eigenvalue weighted by molar-refractivity contribution is -0.119. The lowest BCUT2D eigenvalue weighted by Crippen LogP contribution is -2.47. The van der Waals surface area contributed by atoms with Crippen LogP contribution in [0.25, 0.3) is 0 Å². The van der Waals surface area contributed by atoms with Crippen molar-refractivity contribution in [2.24, 2.45) is 5.92 Å². The number of ether oxygens (including phenoxy) is 1. The van der Waals surface area contributed by atoms with Crippen LogP contribution in [-0.2, 0) is 11.2 Å². The number of carbonyl (C=O) groups excluding carboxylic acids is 1. The number of amides is 1. The van der Waals surface area contributed by atoms with E-state index >= 15 is 0 Å². The van der Waals surface area contributed by atoms with Crippen LogP contribution in [0.3, 0.4) is 0 Å². The normalized spacial score (nSPS) is 23.2. The van der Waals surface area contributed by atoms with Crippen molar-refractivity contribution in [1.29, 1.82) is 0 Å². The molecule has 1 N–H and O–H groups in total. The number of pyridine rings is 1. The van der Waals surface area contributed by atoms with E-state index < -0.39 is 6.23 Å². The predicted octanol–water partition coefficient (Wildman–Crippen LogP) is 0.954. The minimum atomic E-state index is -0.785. The van der Waals surface area contributed by atoms with Crippen LogP contribution in [0, 0.1) is 5.92 Å². The van der Waals surface area contributed by atoms with E-state index in [1.807, 2.05) is 6.92 Å². The summed E-state index contributed by atoms with van der Waals surface area (Å²) in [5, 5.41) is 10.1. The van der Waals surface area contributed by atoms with Gasteiger partial charge in [-0.05, 0) is 12.0 Å². The zero-order valence-electron chi connectivity index (χ0n) is 10.2. The van der Waals surface area contributed by atoms with Crippen LogP contribution < -0.4 is 9.64 Å². The van der Waals surface area contributed by atoms with E-state index in [-0.39, 0.29) is 11.8 Å². The minimum Gasteiger partial charge on any atom is -0.481 e. The summed E-state index contributed by atoms with van der Waals surface area (Å²) in [5.41, 5.74) is 1.65. The lowest BCUT2D eigenvalue weighted by atomic mass is 9.93. The first-order valence-electron chi connectivity index (χ1n) is 5.55. The average molecular weight is 236 g/mol. The Balaban J connectivity index is 2.51. The molecule has 1 aliphatic rings. The summed E-state index contributed by atoms with van der Waals surface area (Å²) in [4.78, 5) is 17.1. The molecule has 0 fully saturated rings. The van der Waals surface area contributed by atoms with Crippen molar-refractivity contribution in [3.8, 4) is 5.88 Å². The Labute approximate surface area is 100 Å². The largest absolute Gasteiger partial charge is 0.481 e. The number of hydrogen-bond donors (Lipinski definition) is 1. The first-order valence-corrected chi connectivity index (χ1v) is 5.55. The number of nitrogens with zero attached hydrogens (tertiary/aromatic N) is 2. The number of rotatable bonds is 1. The van der Waals surface area contributed by atoms with Crippen LogP contribution >= 0.6 is 0 Å². The molecule has 0 aliphatic carbocycles. The molecule has 1 aromatic rings. The quantitative estimate of drug-likeness (QED) is 0.788. The van der Waals surface area contributed by atoms with Crippen molar-refractivity contribution in [1.82, 2.24) is 4.98 Å². The van der Waals surface area contributed by atoms with Crippen LogP contribution in [0.4, 0.5) is 5.69 Å². The Bertz CT molecular complexity index is 447. The van der Waals surface area contributed by atoms with Gasteiger partial charge in [-0.1, -0.05) is 6.92 Å². The maximum Gasteiger partial charge on any atom is 0.225 e. The summed E-state index contributed by atoms with van der Waals surface area (Å²) < 4.78 is 5.04. The second-order valence-electron chi connectivity index (χ2n) is 4.34. The number of aliphatic hydroxyl groups is 1. The molecule has 1 amide bonds. The van der Waals surface area contributed by atoms with Crippen molar-refractivity contribution in [3.63, 3.8) is 0 Å². The standard InChI is InChI=1S/C12H16N2O3/c1-7-4-9-6-13-11(17-3)5-10(9)14(8(2)15)12(7)16/h5-7,12,16H,4H2,1-3H3. The van der Waals surface area contributed by atoms with E-state index in [2.05, 4.69) is 4.98 Å². The van der Waals surface area contributed by atoms with E-state index in [1.165, 1.54) is 18.9 Å². The van der Waals surface area contributed by atoms with Crippen LogP contribution in [0.1, 0.15) is 19.4 Å². The molecule has 0 saturated carbocycles. The number of fused-ring (bicyclic) bond motifs is 1. The van der Waals surface area contributed by atoms with Gasteiger partial charge < -0.3 is 9.84 Å². The van der Waals surface area contributed by atoms with E-state index in [0.717, 1.165) is 5.56 Å². The highest BCUT2D eigenvalue weighted by Gasteiger charge is 2.33. The van der Waals surface area contributed by atoms with Gasteiger partial charge in [0.1, 0.15) is 6.23 Å². The maximum absolute atomic E-state index is 11.6. The van der Waals surface area contributed by atoms with Gasteiger partial charge in [-0.3, -0.25) is 9.69 Å². The van der Waals surface area contributed by atoms with Gasteiger partial charge in [0.15, 0.2) is 0 Å². The highest BCUT2D eigenvalue weighted by molar-refractivity contribution is 5.93. The summed E-state index contributed by atoms with van der Waals surface area (Å²) in [6.45, 7) is 3.35. The first-order chi connectivity index (χ1) is 8.04. The fourth-order valence-corrected chi connectivity index (χ4v) is 2.15. The van der Waals surface area contributed by atoms with Crippen LogP contribution in [-0.4, -0.2) is 29.3 Å². The topological polar surface area (TPSA) is 62.7 Å². The van der Waals surface area contributed by atoms with Gasteiger partial charge in [-0.25, -0.2) is 4.98 Å². The molecule has 0 radical (unpaired) electrons. The van der Waals surface area contributed by atoms with Gasteiger partial charge in [0.05, 0.1) is 12.8 Å². The Hall–Kier alpha value is -1.62. The Morgan fingerprint density at radius 3 is 2.94 bits per heavy atom. The smallest absolute Gasteiger partial charge is 0.225 e. The third-order valence-electron chi connectivity index (χ3n) is 3.06. The van der Waals surface area contributed by atoms with Crippen molar-refractivity contribution in [2.45, 2.75) is 26.5 Å². The fraction of sp³-hybridized carbons (Fsp3) is 0.500. The van der Waals surface area contributed by atoms with Crippen LogP contribution in [0.15, 0.2) is 12.3 Å². The molecule has 17 heavy (non-hydrogen) atoms. The highest BCUT2D eigenvalue weighted by Crippen LogP contribution is 2.34. The zero-order chi connectivity index (χ0) is 12.6. The fourth-order valence-electron chi connectivity index (χ4n) is 2.15. The van der Waals surface area contributed by atoms with E-state index in [0.29, 0.717) is 18.0 Å². The van der Waals surface area contributed by atoms with Crippen molar-refractivity contribution in [2.75, 3.05) is 12.0 Å². The van der Waals surface area contributed by atoms with Crippen LogP contribution in [0.2, 0.25) is 0 Å². The molecule has 0 bridgehead atoms. The zero-order valence-corrected chi connectivity index (χ0v) is 10.2. The summed E-state index contributed by atoms with van der Waals surface area (Å²) >= 11 is 0. The van der Waals surface area contributed by atoms with E-state index in [1.54, 1.807) is 12.3 Å². The molecule has 92 valence electrons. The molecule has 5 nitrogen and oxygen atoms in total. The summed E-state index contributed by atoms with van der Waals surface area (Å²) in [5.74, 6) is 0.261. The van der Waals surface area contributed by atoms with Gasteiger partial charge in [0, 0.05) is 25.1 Å². The third kappa shape index (κ3) is 1.98. The number of hydrogen-bond acceptors (Lipinski definition) is 4. The van der Waals surface area contributed by atoms with Gasteiger partial charge in [0.2, 0.25) is 11.8 Å². The molecule has 2 unspecified atom stereocenters. The first kappa shape index (κ1) is 11.9. The molecule has 2 atom stereocenters. The second-order valence-corrected chi connectivity index (χ2v) is 4.34. The molecular weight excluding hydrogens is 220 g/mol. The monoisotopic (exact) mass is 236 g/mol. The number of anilines is 1. The molecule has 5 heteroatoms. The van der Waals surface area contributed by atoms with Crippen molar-refractivity contribution >= 4 is 11.6 Å². The summed E-state index contributed by atoms with van der Waals surface area (Å²) in [6.07, 6.45) is 1.62. The highest BCUT2D eigenvalue weighted by atomic mass is 16.5. The van der Waals surface area contributed by atoms with Crippen molar-refractivity contribution < 1.29 is 14.6 Å². The van der Waals surface area contributed by atoms with E-state index in [4.69, 9.17) is 4.74 Å². The SMILES string of the molecule is COc1cc2c(cn1)CC(C)C(O)N2C(C)=O.